The largest absolute Gasteiger partial charge is 0.456 e. The molecular weight excluding hydrogens is 629 g/mol. The van der Waals surface area contributed by atoms with Crippen molar-refractivity contribution in [3.63, 3.8) is 0 Å². The van der Waals surface area contributed by atoms with Crippen LogP contribution in [-0.4, -0.2) is 23.0 Å². The number of hydrogen-bond acceptors (Lipinski definition) is 6. The fraction of sp³-hybridized carbons (Fsp3) is 0.0889. The molecule has 1 atom stereocenters. The SMILES string of the molecule is C1=CC(c2ccccc2Nc2ccc3c(c2)Oc2ccccc2-c2ccccc2Oc2cc(-c4ccnc(C56CC=CN5C6)c4)ccc2-3)=CNC1. The molecular formula is C45H34N4O2. The summed E-state index contributed by atoms with van der Waals surface area (Å²) in [5, 5.41) is 7.02. The van der Waals surface area contributed by atoms with E-state index in [2.05, 4.69) is 131 Å². The van der Waals surface area contributed by atoms with Crippen molar-refractivity contribution in [3.8, 4) is 56.4 Å². The van der Waals surface area contributed by atoms with Crippen molar-refractivity contribution >= 4 is 16.9 Å². The number of anilines is 2. The smallest absolute Gasteiger partial charge is 0.137 e. The van der Waals surface area contributed by atoms with Gasteiger partial charge in [0.15, 0.2) is 0 Å². The highest BCUT2D eigenvalue weighted by atomic mass is 16.5. The van der Waals surface area contributed by atoms with Crippen LogP contribution in [0.25, 0.3) is 39.0 Å². The number of nitrogens with one attached hydrogen (secondary N) is 2. The lowest BCUT2D eigenvalue weighted by Crippen LogP contribution is -2.11. The molecule has 5 aromatic carbocycles. The van der Waals surface area contributed by atoms with Gasteiger partial charge < -0.3 is 25.0 Å². The quantitative estimate of drug-likeness (QED) is 0.179. The number of nitrogens with zero attached hydrogens (tertiary/aromatic N) is 2. The molecule has 6 aromatic rings. The van der Waals surface area contributed by atoms with Crippen LogP contribution >= 0.6 is 0 Å². The molecule has 1 fully saturated rings. The van der Waals surface area contributed by atoms with Crippen LogP contribution < -0.4 is 20.1 Å². The molecule has 6 nitrogen and oxygen atoms in total. The van der Waals surface area contributed by atoms with Crippen molar-refractivity contribution in [2.45, 2.75) is 12.0 Å². The molecule has 0 aliphatic carbocycles. The number of ether oxygens (including phenoxy) is 2. The van der Waals surface area contributed by atoms with E-state index in [1.807, 2.05) is 42.6 Å². The number of pyridine rings is 1. The Morgan fingerprint density at radius 1 is 0.647 bits per heavy atom. The fourth-order valence-electron chi connectivity index (χ4n) is 7.54. The maximum absolute atomic E-state index is 6.94. The third kappa shape index (κ3) is 5.15. The number of fused-ring (bicyclic) bond motifs is 7. The summed E-state index contributed by atoms with van der Waals surface area (Å²) >= 11 is 0. The number of allylic oxidation sites excluding steroid dienone is 2. The second kappa shape index (κ2) is 11.8. The summed E-state index contributed by atoms with van der Waals surface area (Å²) in [7, 11) is 0. The van der Waals surface area contributed by atoms with E-state index in [9.17, 15) is 0 Å². The van der Waals surface area contributed by atoms with E-state index in [0.717, 1.165) is 104 Å². The molecule has 51 heavy (non-hydrogen) atoms. The van der Waals surface area contributed by atoms with Gasteiger partial charge in [-0.05, 0) is 83.9 Å². The lowest BCUT2D eigenvalue weighted by atomic mass is 9.95. The molecule has 0 amide bonds. The van der Waals surface area contributed by atoms with E-state index < -0.39 is 0 Å². The molecule has 0 radical (unpaired) electrons. The van der Waals surface area contributed by atoms with Gasteiger partial charge in [-0.15, -0.1) is 0 Å². The number of hydrogen-bond donors (Lipinski definition) is 2. The highest BCUT2D eigenvalue weighted by Gasteiger charge is 2.54. The number of rotatable bonds is 5. The Labute approximate surface area is 297 Å². The first-order valence-electron chi connectivity index (χ1n) is 17.4. The molecule has 0 spiro atoms. The lowest BCUT2D eigenvalue weighted by Gasteiger charge is -2.22. The third-order valence-corrected chi connectivity index (χ3v) is 10.3. The van der Waals surface area contributed by atoms with Crippen LogP contribution in [0.1, 0.15) is 17.7 Å². The predicted octanol–water partition coefficient (Wildman–Crippen LogP) is 10.7. The molecule has 246 valence electrons. The van der Waals surface area contributed by atoms with E-state index in [1.54, 1.807) is 0 Å². The van der Waals surface area contributed by atoms with Crippen molar-refractivity contribution in [2.75, 3.05) is 18.4 Å². The Hall–Kier alpha value is -6.53. The van der Waals surface area contributed by atoms with E-state index >= 15 is 0 Å². The second-order valence-corrected chi connectivity index (χ2v) is 13.4. The number of para-hydroxylation sites is 3. The molecule has 2 N–H and O–H groups in total. The zero-order valence-electron chi connectivity index (χ0n) is 27.8. The summed E-state index contributed by atoms with van der Waals surface area (Å²) < 4.78 is 13.9. The van der Waals surface area contributed by atoms with Gasteiger partial charge >= 0.3 is 0 Å². The normalized spacial score (nSPS) is 17.6. The van der Waals surface area contributed by atoms with Crippen LogP contribution in [0.5, 0.6) is 23.0 Å². The molecule has 10 rings (SSSR count). The molecule has 1 aromatic heterocycles. The number of dihydropyridines is 1. The summed E-state index contributed by atoms with van der Waals surface area (Å²) in [5.41, 5.74) is 11.3. The van der Waals surface area contributed by atoms with E-state index in [1.165, 1.54) is 0 Å². The lowest BCUT2D eigenvalue weighted by molar-refractivity contribution is 0.472. The zero-order valence-corrected chi connectivity index (χ0v) is 27.8. The number of aromatic nitrogens is 1. The van der Waals surface area contributed by atoms with E-state index in [0.29, 0.717) is 0 Å². The first-order chi connectivity index (χ1) is 25.2. The van der Waals surface area contributed by atoms with Gasteiger partial charge in [0, 0.05) is 70.7 Å². The highest BCUT2D eigenvalue weighted by molar-refractivity contribution is 5.87. The third-order valence-electron chi connectivity index (χ3n) is 10.3. The second-order valence-electron chi connectivity index (χ2n) is 13.4. The molecule has 4 aliphatic rings. The molecule has 4 aliphatic heterocycles. The fourth-order valence-corrected chi connectivity index (χ4v) is 7.54. The van der Waals surface area contributed by atoms with E-state index in [4.69, 9.17) is 14.5 Å². The monoisotopic (exact) mass is 662 g/mol. The summed E-state index contributed by atoms with van der Waals surface area (Å²) in [6, 6.07) is 41.8. The van der Waals surface area contributed by atoms with Gasteiger partial charge in [-0.25, -0.2) is 0 Å². The Bertz CT molecular complexity index is 2450. The van der Waals surface area contributed by atoms with Crippen LogP contribution in [0.2, 0.25) is 0 Å². The molecule has 6 heteroatoms. The van der Waals surface area contributed by atoms with Crippen molar-refractivity contribution in [1.29, 1.82) is 0 Å². The summed E-state index contributed by atoms with van der Waals surface area (Å²) in [6.07, 6.45) is 13.7. The van der Waals surface area contributed by atoms with Gasteiger partial charge in [0.25, 0.3) is 0 Å². The van der Waals surface area contributed by atoms with Crippen molar-refractivity contribution in [3.05, 3.63) is 169 Å². The van der Waals surface area contributed by atoms with Gasteiger partial charge in [0.05, 0.1) is 5.69 Å². The average Bonchev–Trinajstić information content (AvgIpc) is 3.75. The highest BCUT2D eigenvalue weighted by Crippen LogP contribution is 2.51. The summed E-state index contributed by atoms with van der Waals surface area (Å²) in [6.45, 7) is 1.86. The van der Waals surface area contributed by atoms with Gasteiger partial charge in [-0.3, -0.25) is 4.98 Å². The summed E-state index contributed by atoms with van der Waals surface area (Å²) in [5.74, 6) is 3.01. The van der Waals surface area contributed by atoms with Gasteiger partial charge in [0.1, 0.15) is 28.5 Å². The van der Waals surface area contributed by atoms with Gasteiger partial charge in [0.2, 0.25) is 0 Å². The van der Waals surface area contributed by atoms with Crippen LogP contribution in [-0.2, 0) is 5.54 Å². The molecule has 1 unspecified atom stereocenters. The van der Waals surface area contributed by atoms with Crippen LogP contribution in [0.3, 0.4) is 0 Å². The minimum atomic E-state index is 0.0160. The molecule has 0 bridgehead atoms. The van der Waals surface area contributed by atoms with E-state index in [-0.39, 0.29) is 5.54 Å². The van der Waals surface area contributed by atoms with Crippen molar-refractivity contribution in [1.82, 2.24) is 15.2 Å². The average molecular weight is 663 g/mol. The molecule has 1 saturated heterocycles. The number of benzene rings is 5. The van der Waals surface area contributed by atoms with Crippen molar-refractivity contribution < 1.29 is 9.47 Å². The Morgan fingerprint density at radius 3 is 2.06 bits per heavy atom. The van der Waals surface area contributed by atoms with Crippen LogP contribution in [0.4, 0.5) is 11.4 Å². The van der Waals surface area contributed by atoms with Crippen LogP contribution in [0, 0.1) is 0 Å². The van der Waals surface area contributed by atoms with Gasteiger partial charge in [-0.1, -0.05) is 78.9 Å². The standard InChI is InChI=1S/C45H34N4O2/c1-4-13-39(34(10-1)32-9-7-22-46-28-32)48-33-17-19-38-37-18-16-30(31-20-23-47-44(26-31)45-21-8-24-49(45)29-45)25-42(37)50-40-14-5-2-11-35(40)36-12-3-6-15-41(36)51-43(38)27-33/h1-20,23-28,46,48H,21-22,29H2. The first-order valence-corrected chi connectivity index (χ1v) is 17.4. The maximum Gasteiger partial charge on any atom is 0.137 e. The van der Waals surface area contributed by atoms with Crippen molar-refractivity contribution in [2.24, 2.45) is 0 Å². The first kappa shape index (κ1) is 29.4. The Morgan fingerprint density at radius 2 is 1.33 bits per heavy atom. The zero-order chi connectivity index (χ0) is 33.8. The predicted molar refractivity (Wildman–Crippen MR) is 204 cm³/mol. The minimum Gasteiger partial charge on any atom is -0.456 e. The Kier molecular flexibility index (Phi) is 6.81. The molecule has 0 saturated carbocycles. The minimum absolute atomic E-state index is 0.0160. The van der Waals surface area contributed by atoms with Crippen LogP contribution in [0.15, 0.2) is 158 Å². The maximum atomic E-state index is 6.94. The summed E-state index contributed by atoms with van der Waals surface area (Å²) in [4.78, 5) is 7.17. The Balaban J connectivity index is 1.10. The molecule has 5 heterocycles. The van der Waals surface area contributed by atoms with Gasteiger partial charge in [-0.2, -0.15) is 0 Å². The topological polar surface area (TPSA) is 58.4 Å².